The van der Waals surface area contributed by atoms with Gasteiger partial charge in [-0.15, -0.1) is 13.2 Å². The molecular weight excluding hydrogens is 347 g/mol. The first-order valence-corrected chi connectivity index (χ1v) is 8.11. The van der Waals surface area contributed by atoms with E-state index in [1.165, 1.54) is 6.07 Å². The van der Waals surface area contributed by atoms with Crippen LogP contribution in [0.1, 0.15) is 12.8 Å². The van der Waals surface area contributed by atoms with Crippen LogP contribution < -0.4 is 10.1 Å². The molecule has 3 aliphatic rings. The molecule has 2 bridgehead atoms. The van der Waals surface area contributed by atoms with Crippen LogP contribution in [-0.2, 0) is 0 Å². The number of benzene rings is 1. The van der Waals surface area contributed by atoms with Crippen molar-refractivity contribution in [3.05, 3.63) is 17.2 Å². The average molecular weight is 362 g/mol. The molecule has 1 N–H and O–H groups in total. The zero-order chi connectivity index (χ0) is 16.9. The number of alkyl halides is 3. The van der Waals surface area contributed by atoms with Crippen molar-refractivity contribution < 1.29 is 22.4 Å². The second-order valence-corrected chi connectivity index (χ2v) is 6.63. The quantitative estimate of drug-likeness (QED) is 0.899. The Morgan fingerprint density at radius 2 is 2.04 bits per heavy atom. The summed E-state index contributed by atoms with van der Waals surface area (Å²) in [5, 5.41) is 7.46. The molecule has 1 aromatic heterocycles. The minimum absolute atomic E-state index is 0.108. The van der Waals surface area contributed by atoms with Gasteiger partial charge in [0, 0.05) is 12.6 Å². The molecule has 130 valence electrons. The molecule has 0 unspecified atom stereocenters. The first-order chi connectivity index (χ1) is 11.4. The molecule has 0 aliphatic carbocycles. The van der Waals surface area contributed by atoms with Crippen LogP contribution in [0.15, 0.2) is 16.7 Å². The van der Waals surface area contributed by atoms with Gasteiger partial charge in [0.2, 0.25) is 5.58 Å². The van der Waals surface area contributed by atoms with E-state index in [9.17, 15) is 13.2 Å². The van der Waals surface area contributed by atoms with E-state index in [4.69, 9.17) is 16.1 Å². The molecule has 0 saturated carbocycles. The van der Waals surface area contributed by atoms with Gasteiger partial charge in [0.25, 0.3) is 0 Å². The van der Waals surface area contributed by atoms with E-state index < -0.39 is 12.1 Å². The average Bonchev–Trinajstić information content (AvgIpc) is 2.93. The zero-order valence-corrected chi connectivity index (χ0v) is 13.3. The maximum atomic E-state index is 12.6. The summed E-state index contributed by atoms with van der Waals surface area (Å²) in [6.07, 6.45) is -2.63. The van der Waals surface area contributed by atoms with Gasteiger partial charge in [0.1, 0.15) is 0 Å². The number of anilines is 1. The van der Waals surface area contributed by atoms with Crippen molar-refractivity contribution in [2.45, 2.75) is 25.2 Å². The molecule has 2 aromatic rings. The van der Waals surface area contributed by atoms with Crippen molar-refractivity contribution in [2.24, 2.45) is 5.92 Å². The monoisotopic (exact) mass is 361 g/mol. The predicted octanol–water partition coefficient (Wildman–Crippen LogP) is 3.89. The third kappa shape index (κ3) is 2.88. The Bertz CT molecular complexity index is 756. The fraction of sp³-hybridized carbons (Fsp3) is 0.533. The summed E-state index contributed by atoms with van der Waals surface area (Å²) in [5.41, 5.74) is -0.108. The molecule has 1 aromatic carbocycles. The predicted molar refractivity (Wildman–Crippen MR) is 82.3 cm³/mol. The Hall–Kier alpha value is -1.67. The first-order valence-electron chi connectivity index (χ1n) is 7.73. The molecule has 3 saturated heterocycles. The molecule has 5 rings (SSSR count). The van der Waals surface area contributed by atoms with Crippen LogP contribution >= 0.6 is 11.6 Å². The van der Waals surface area contributed by atoms with Gasteiger partial charge in [-0.2, -0.15) is 0 Å². The smallest absolute Gasteiger partial charge is 0.400 e. The molecule has 4 heterocycles. The molecule has 5 nitrogen and oxygen atoms in total. The minimum atomic E-state index is -4.85. The zero-order valence-electron chi connectivity index (χ0n) is 12.6. The van der Waals surface area contributed by atoms with Crippen LogP contribution in [0.5, 0.6) is 5.75 Å². The van der Waals surface area contributed by atoms with Crippen molar-refractivity contribution in [1.82, 2.24) is 10.1 Å². The topological polar surface area (TPSA) is 50.5 Å². The van der Waals surface area contributed by atoms with Gasteiger partial charge in [0.05, 0.1) is 10.4 Å². The lowest BCUT2D eigenvalue weighted by Crippen LogP contribution is -2.53. The van der Waals surface area contributed by atoms with Crippen molar-refractivity contribution in [3.8, 4) is 5.75 Å². The van der Waals surface area contributed by atoms with Crippen molar-refractivity contribution >= 4 is 28.4 Å². The standard InChI is InChI=1S/C15H15ClF3N3O2/c16-10-2-1-9-12(13(10)23-15(17,18)19)24-21-14(9)20-11-7-22-5-3-8(11)4-6-22/h1-2,8,11H,3-7H2,(H,20,21)/t11-/m1/s1. The summed E-state index contributed by atoms with van der Waals surface area (Å²) < 4.78 is 46.8. The molecule has 3 aliphatic heterocycles. The van der Waals surface area contributed by atoms with Gasteiger partial charge in [-0.3, -0.25) is 0 Å². The molecule has 0 radical (unpaired) electrons. The van der Waals surface area contributed by atoms with E-state index in [0.717, 1.165) is 32.5 Å². The Kier molecular flexibility index (Phi) is 3.76. The fourth-order valence-electron chi connectivity index (χ4n) is 3.58. The van der Waals surface area contributed by atoms with Gasteiger partial charge in [0.15, 0.2) is 11.6 Å². The third-order valence-corrected chi connectivity index (χ3v) is 5.04. The van der Waals surface area contributed by atoms with Crippen molar-refractivity contribution in [3.63, 3.8) is 0 Å². The number of hydrogen-bond donors (Lipinski definition) is 1. The van der Waals surface area contributed by atoms with E-state index in [2.05, 4.69) is 20.1 Å². The number of piperidine rings is 3. The van der Waals surface area contributed by atoms with Gasteiger partial charge in [-0.05, 0) is 44.0 Å². The highest BCUT2D eigenvalue weighted by Gasteiger charge is 2.36. The van der Waals surface area contributed by atoms with Crippen molar-refractivity contribution in [2.75, 3.05) is 25.0 Å². The normalized spacial score (nSPS) is 26.8. The third-order valence-electron chi connectivity index (χ3n) is 4.74. The summed E-state index contributed by atoms with van der Waals surface area (Å²) in [7, 11) is 0. The second-order valence-electron chi connectivity index (χ2n) is 6.22. The number of fused-ring (bicyclic) bond motifs is 4. The Morgan fingerprint density at radius 3 is 2.67 bits per heavy atom. The number of nitrogens with zero attached hydrogens (tertiary/aromatic N) is 2. The minimum Gasteiger partial charge on any atom is -0.400 e. The first kappa shape index (κ1) is 15.8. The van der Waals surface area contributed by atoms with Crippen LogP contribution in [-0.4, -0.2) is 42.1 Å². The lowest BCUT2D eigenvalue weighted by molar-refractivity contribution is -0.274. The summed E-state index contributed by atoms with van der Waals surface area (Å²) >= 11 is 5.82. The van der Waals surface area contributed by atoms with E-state index in [1.807, 2.05) is 0 Å². The van der Waals surface area contributed by atoms with E-state index in [0.29, 0.717) is 17.1 Å². The highest BCUT2D eigenvalue weighted by molar-refractivity contribution is 6.33. The maximum absolute atomic E-state index is 12.6. The molecule has 3 fully saturated rings. The number of hydrogen-bond acceptors (Lipinski definition) is 5. The SMILES string of the molecule is FC(F)(F)Oc1c(Cl)ccc2c(N[C@@H]3CN4CCC3CC4)noc12. The Morgan fingerprint density at radius 1 is 1.29 bits per heavy atom. The van der Waals surface area contributed by atoms with Gasteiger partial charge in [-0.1, -0.05) is 16.8 Å². The Labute approximate surface area is 140 Å². The number of halogens is 4. The second kappa shape index (κ2) is 5.70. The van der Waals surface area contributed by atoms with Crippen molar-refractivity contribution in [1.29, 1.82) is 0 Å². The fourth-order valence-corrected chi connectivity index (χ4v) is 3.76. The highest BCUT2D eigenvalue weighted by atomic mass is 35.5. The lowest BCUT2D eigenvalue weighted by atomic mass is 9.84. The summed E-state index contributed by atoms with van der Waals surface area (Å²) in [4.78, 5) is 2.37. The molecular formula is C15H15ClF3N3O2. The number of aromatic nitrogens is 1. The van der Waals surface area contributed by atoms with Crippen LogP contribution in [0.4, 0.5) is 19.0 Å². The van der Waals surface area contributed by atoms with E-state index in [1.54, 1.807) is 6.07 Å². The van der Waals surface area contributed by atoms with Crippen LogP contribution in [0.2, 0.25) is 5.02 Å². The summed E-state index contributed by atoms with van der Waals surface area (Å²) in [5.74, 6) is 0.406. The van der Waals surface area contributed by atoms with E-state index >= 15 is 0 Å². The largest absolute Gasteiger partial charge is 0.573 e. The number of ether oxygens (including phenoxy) is 1. The van der Waals surface area contributed by atoms with Gasteiger partial charge < -0.3 is 19.5 Å². The molecule has 9 heteroatoms. The number of rotatable bonds is 3. The summed E-state index contributed by atoms with van der Waals surface area (Å²) in [6.45, 7) is 3.10. The molecule has 0 spiro atoms. The van der Waals surface area contributed by atoms with E-state index in [-0.39, 0.29) is 16.6 Å². The molecule has 1 atom stereocenters. The van der Waals surface area contributed by atoms with Gasteiger partial charge >= 0.3 is 6.36 Å². The van der Waals surface area contributed by atoms with Crippen LogP contribution in [0, 0.1) is 5.92 Å². The van der Waals surface area contributed by atoms with Crippen LogP contribution in [0.3, 0.4) is 0 Å². The Balaban J connectivity index is 1.64. The number of nitrogens with one attached hydrogen (secondary N) is 1. The highest BCUT2D eigenvalue weighted by Crippen LogP contribution is 2.40. The molecule has 0 amide bonds. The van der Waals surface area contributed by atoms with Gasteiger partial charge in [-0.25, -0.2) is 0 Å². The summed E-state index contributed by atoms with van der Waals surface area (Å²) in [6, 6.07) is 3.15. The molecule has 24 heavy (non-hydrogen) atoms. The van der Waals surface area contributed by atoms with Crippen LogP contribution in [0.25, 0.3) is 11.0 Å². The maximum Gasteiger partial charge on any atom is 0.573 e. The lowest BCUT2D eigenvalue weighted by Gasteiger charge is -2.44.